The molecule has 20 heavy (non-hydrogen) atoms. The topological polar surface area (TPSA) is 50.7 Å². The largest absolute Gasteiger partial charge is 0.293 e. The van der Waals surface area contributed by atoms with E-state index in [1.807, 2.05) is 36.4 Å². The summed E-state index contributed by atoms with van der Waals surface area (Å²) in [6.07, 6.45) is 3.52. The number of fused-ring (bicyclic) bond motifs is 3. The highest BCUT2D eigenvalue weighted by Gasteiger charge is 2.23. The molecule has 3 aromatic rings. The molecule has 0 fully saturated rings. The van der Waals surface area contributed by atoms with Gasteiger partial charge in [0.25, 0.3) is 5.56 Å². The standard InChI is InChI=1S/C16H13N3O/c20-16-15-12-6-2-1-5-11(12)8-9-13(15)18-19(16)14-7-3-4-10-17-14/h1-7,10,18H,8-9H2. The van der Waals surface area contributed by atoms with Crippen molar-refractivity contribution in [2.75, 3.05) is 0 Å². The third kappa shape index (κ3) is 1.54. The van der Waals surface area contributed by atoms with Crippen molar-refractivity contribution in [3.8, 4) is 16.9 Å². The van der Waals surface area contributed by atoms with Gasteiger partial charge in [0.1, 0.15) is 0 Å². The second-order valence-corrected chi connectivity index (χ2v) is 4.95. The van der Waals surface area contributed by atoms with Crippen molar-refractivity contribution in [3.63, 3.8) is 0 Å². The number of hydrogen-bond acceptors (Lipinski definition) is 2. The van der Waals surface area contributed by atoms with Crippen molar-refractivity contribution in [2.45, 2.75) is 12.8 Å². The molecule has 0 atom stereocenters. The number of hydrogen-bond donors (Lipinski definition) is 1. The van der Waals surface area contributed by atoms with E-state index in [-0.39, 0.29) is 5.56 Å². The van der Waals surface area contributed by atoms with E-state index in [9.17, 15) is 4.79 Å². The van der Waals surface area contributed by atoms with Gasteiger partial charge in [-0.15, -0.1) is 0 Å². The van der Waals surface area contributed by atoms with Crippen LogP contribution in [0.25, 0.3) is 16.9 Å². The first-order valence-electron chi connectivity index (χ1n) is 6.68. The molecule has 2 heterocycles. The lowest BCUT2D eigenvalue weighted by Gasteiger charge is -2.13. The molecule has 4 rings (SSSR count). The summed E-state index contributed by atoms with van der Waals surface area (Å²) in [7, 11) is 0. The van der Waals surface area contributed by atoms with E-state index in [1.54, 1.807) is 6.20 Å². The summed E-state index contributed by atoms with van der Waals surface area (Å²) in [5.41, 5.74) is 4.05. The van der Waals surface area contributed by atoms with Crippen molar-refractivity contribution in [2.24, 2.45) is 0 Å². The molecular weight excluding hydrogens is 250 g/mol. The molecule has 1 aromatic carbocycles. The van der Waals surface area contributed by atoms with Gasteiger partial charge in [-0.2, -0.15) is 0 Å². The van der Waals surface area contributed by atoms with E-state index >= 15 is 0 Å². The zero-order chi connectivity index (χ0) is 13.5. The van der Waals surface area contributed by atoms with Crippen LogP contribution in [0.2, 0.25) is 0 Å². The van der Waals surface area contributed by atoms with Crippen LogP contribution in [0.4, 0.5) is 0 Å². The average Bonchev–Trinajstić information content (AvgIpc) is 2.86. The molecule has 0 unspecified atom stereocenters. The van der Waals surface area contributed by atoms with Crippen LogP contribution in [-0.2, 0) is 12.8 Å². The molecule has 0 aliphatic heterocycles. The Morgan fingerprint density at radius 2 is 1.90 bits per heavy atom. The SMILES string of the molecule is O=c1c2c([nH]n1-c1ccccn1)CCc1ccccc1-2. The summed E-state index contributed by atoms with van der Waals surface area (Å²) in [5.74, 6) is 0.629. The van der Waals surface area contributed by atoms with Gasteiger partial charge in [0.05, 0.1) is 5.56 Å². The van der Waals surface area contributed by atoms with E-state index in [1.165, 1.54) is 10.2 Å². The maximum atomic E-state index is 12.7. The van der Waals surface area contributed by atoms with Crippen molar-refractivity contribution >= 4 is 0 Å². The quantitative estimate of drug-likeness (QED) is 0.732. The molecule has 0 amide bonds. The predicted molar refractivity (Wildman–Crippen MR) is 77.0 cm³/mol. The number of nitrogens with zero attached hydrogens (tertiary/aromatic N) is 2. The fraction of sp³-hybridized carbons (Fsp3) is 0.125. The Balaban J connectivity index is 1.98. The van der Waals surface area contributed by atoms with Gasteiger partial charge in [-0.1, -0.05) is 30.3 Å². The Morgan fingerprint density at radius 1 is 1.05 bits per heavy atom. The van der Waals surface area contributed by atoms with Crippen LogP contribution in [0.1, 0.15) is 11.3 Å². The van der Waals surface area contributed by atoms with Crippen LogP contribution in [0, 0.1) is 0 Å². The monoisotopic (exact) mass is 263 g/mol. The molecule has 1 aliphatic rings. The van der Waals surface area contributed by atoms with Crippen LogP contribution in [0.3, 0.4) is 0 Å². The first-order valence-corrected chi connectivity index (χ1v) is 6.68. The van der Waals surface area contributed by atoms with E-state index in [2.05, 4.69) is 16.1 Å². The zero-order valence-corrected chi connectivity index (χ0v) is 10.8. The van der Waals surface area contributed by atoms with Gasteiger partial charge in [0.15, 0.2) is 5.82 Å². The summed E-state index contributed by atoms with van der Waals surface area (Å²) in [5, 5.41) is 3.20. The molecule has 0 radical (unpaired) electrons. The highest BCUT2D eigenvalue weighted by molar-refractivity contribution is 5.71. The molecule has 4 heteroatoms. The van der Waals surface area contributed by atoms with Gasteiger partial charge in [-0.05, 0) is 36.1 Å². The number of benzene rings is 1. The predicted octanol–water partition coefficient (Wildman–Crippen LogP) is 2.33. The molecule has 1 N–H and O–H groups in total. The van der Waals surface area contributed by atoms with E-state index in [0.29, 0.717) is 5.82 Å². The Hall–Kier alpha value is -2.62. The van der Waals surface area contributed by atoms with Crippen LogP contribution < -0.4 is 5.56 Å². The normalized spacial score (nSPS) is 12.8. The van der Waals surface area contributed by atoms with Crippen LogP contribution in [-0.4, -0.2) is 14.8 Å². The fourth-order valence-electron chi connectivity index (χ4n) is 2.83. The average molecular weight is 263 g/mol. The van der Waals surface area contributed by atoms with E-state index < -0.39 is 0 Å². The Bertz CT molecular complexity index is 830. The van der Waals surface area contributed by atoms with E-state index in [0.717, 1.165) is 29.7 Å². The van der Waals surface area contributed by atoms with Crippen molar-refractivity contribution in [1.82, 2.24) is 14.8 Å². The van der Waals surface area contributed by atoms with Gasteiger partial charge in [0.2, 0.25) is 0 Å². The number of pyridine rings is 1. The number of nitrogens with one attached hydrogen (secondary N) is 1. The first-order chi connectivity index (χ1) is 9.84. The number of rotatable bonds is 1. The summed E-state index contributed by atoms with van der Waals surface area (Å²) < 4.78 is 1.53. The molecule has 0 bridgehead atoms. The summed E-state index contributed by atoms with van der Waals surface area (Å²) in [6, 6.07) is 13.7. The molecule has 2 aromatic heterocycles. The molecule has 98 valence electrons. The molecule has 4 nitrogen and oxygen atoms in total. The highest BCUT2D eigenvalue weighted by Crippen LogP contribution is 2.30. The van der Waals surface area contributed by atoms with Crippen LogP contribution in [0.15, 0.2) is 53.5 Å². The number of aromatic nitrogens is 3. The smallest absolute Gasteiger partial charge is 0.280 e. The number of H-pyrrole nitrogens is 1. The highest BCUT2D eigenvalue weighted by atomic mass is 16.1. The second kappa shape index (κ2) is 4.20. The third-order valence-electron chi connectivity index (χ3n) is 3.77. The Morgan fingerprint density at radius 3 is 2.75 bits per heavy atom. The summed E-state index contributed by atoms with van der Waals surface area (Å²) in [4.78, 5) is 16.9. The lowest BCUT2D eigenvalue weighted by atomic mass is 9.90. The molecule has 0 spiro atoms. The summed E-state index contributed by atoms with van der Waals surface area (Å²) in [6.45, 7) is 0. The van der Waals surface area contributed by atoms with Crippen molar-refractivity contribution in [1.29, 1.82) is 0 Å². The molecule has 1 aliphatic carbocycles. The molecule has 0 saturated carbocycles. The van der Waals surface area contributed by atoms with Crippen molar-refractivity contribution < 1.29 is 0 Å². The Kier molecular flexibility index (Phi) is 2.36. The minimum Gasteiger partial charge on any atom is -0.293 e. The maximum absolute atomic E-state index is 12.7. The van der Waals surface area contributed by atoms with Gasteiger partial charge in [-0.3, -0.25) is 9.89 Å². The molecule has 0 saturated heterocycles. The minimum atomic E-state index is -0.0224. The van der Waals surface area contributed by atoms with Crippen LogP contribution >= 0.6 is 0 Å². The van der Waals surface area contributed by atoms with Gasteiger partial charge in [0, 0.05) is 11.9 Å². The first kappa shape index (κ1) is 11.2. The lowest BCUT2D eigenvalue weighted by molar-refractivity contribution is 0.781. The zero-order valence-electron chi connectivity index (χ0n) is 10.8. The van der Waals surface area contributed by atoms with Crippen molar-refractivity contribution in [3.05, 3.63) is 70.3 Å². The fourth-order valence-corrected chi connectivity index (χ4v) is 2.83. The second-order valence-electron chi connectivity index (χ2n) is 4.95. The van der Waals surface area contributed by atoms with Gasteiger partial charge < -0.3 is 0 Å². The summed E-state index contributed by atoms with van der Waals surface area (Å²) >= 11 is 0. The van der Waals surface area contributed by atoms with Gasteiger partial charge in [-0.25, -0.2) is 9.67 Å². The van der Waals surface area contributed by atoms with Gasteiger partial charge >= 0.3 is 0 Å². The lowest BCUT2D eigenvalue weighted by Crippen LogP contribution is -2.17. The van der Waals surface area contributed by atoms with Crippen LogP contribution in [0.5, 0.6) is 0 Å². The minimum absolute atomic E-state index is 0.0224. The third-order valence-corrected chi connectivity index (χ3v) is 3.77. The Labute approximate surface area is 115 Å². The molecular formula is C16H13N3O. The number of aryl methyl sites for hydroxylation is 2. The number of aromatic amines is 1. The maximum Gasteiger partial charge on any atom is 0.280 e. The van der Waals surface area contributed by atoms with E-state index in [4.69, 9.17) is 0 Å².